The minimum absolute atomic E-state index is 1.25. The van der Waals surface area contributed by atoms with Crippen LogP contribution in [0.5, 0.6) is 0 Å². The second kappa shape index (κ2) is 106. The van der Waals surface area contributed by atoms with Gasteiger partial charge in [0.15, 0.2) is 0 Å². The molecule has 0 aliphatic carbocycles. The zero-order valence-electron chi connectivity index (χ0n) is 16.9. The molecule has 0 aliphatic heterocycles. The van der Waals surface area contributed by atoms with Crippen LogP contribution < -0.4 is 0 Å². The third-order valence-corrected chi connectivity index (χ3v) is 1.21. The van der Waals surface area contributed by atoms with E-state index in [-0.39, 0.29) is 0 Å². The van der Waals surface area contributed by atoms with E-state index < -0.39 is 0 Å². The van der Waals surface area contributed by atoms with Gasteiger partial charge in [-0.25, -0.2) is 0 Å². The highest BCUT2D eigenvalue weighted by molar-refractivity contribution is 4.24. The molecule has 19 heavy (non-hydrogen) atoms. The van der Waals surface area contributed by atoms with Crippen LogP contribution >= 0.6 is 0 Å². The fourth-order valence-electron chi connectivity index (χ4n) is 0.354. The Labute approximate surface area is 128 Å². The van der Waals surface area contributed by atoms with Crippen molar-refractivity contribution < 1.29 is 0 Å². The summed E-state index contributed by atoms with van der Waals surface area (Å²) in [5, 5.41) is 0. The highest BCUT2D eigenvalue weighted by atomic mass is 13.7. The maximum atomic E-state index is 2.21. The number of unbranched alkanes of at least 4 members (excludes halogenated alkanes) is 3. The van der Waals surface area contributed by atoms with E-state index in [0.29, 0.717) is 0 Å². The first-order valence-corrected chi connectivity index (χ1v) is 9.16. The highest BCUT2D eigenvalue weighted by Gasteiger charge is 1.68. The van der Waals surface area contributed by atoms with Gasteiger partial charge in [0.2, 0.25) is 0 Å². The van der Waals surface area contributed by atoms with Crippen molar-refractivity contribution in [1.29, 1.82) is 0 Å². The average Bonchev–Trinajstić information content (AvgIpc) is 2.46. The van der Waals surface area contributed by atoms with E-state index in [1.54, 1.807) is 0 Å². The molecule has 0 aliphatic rings. The molecule has 0 nitrogen and oxygen atoms in total. The van der Waals surface area contributed by atoms with Crippen molar-refractivity contribution in [2.75, 3.05) is 0 Å². The molecule has 0 spiro atoms. The SMILES string of the molecule is CC.CC.CCC.CCC.CCCC.CCCCC. The summed E-state index contributed by atoms with van der Waals surface area (Å²) in [6.45, 7) is 25.3. The minimum Gasteiger partial charge on any atom is -0.0683 e. The van der Waals surface area contributed by atoms with Crippen LogP contribution in [0.15, 0.2) is 0 Å². The van der Waals surface area contributed by atoms with Gasteiger partial charge in [0, 0.05) is 0 Å². The normalized spacial score (nSPS) is 6.32. The predicted molar refractivity (Wildman–Crippen MR) is 100 cm³/mol. The molecule has 0 bridgehead atoms. The summed E-state index contributed by atoms with van der Waals surface area (Å²) in [5.41, 5.74) is 0. The van der Waals surface area contributed by atoms with Crippen LogP contribution in [-0.2, 0) is 0 Å². The van der Waals surface area contributed by atoms with Crippen molar-refractivity contribution in [3.63, 3.8) is 0 Å². The standard InChI is InChI=1S/C5H12.C4H10.2C3H8.2C2H6/c1-3-5-4-2;1-3-4-2;2*1-3-2;2*1-2/h3-5H2,1-2H3;3-4H2,1-2H3;2*3H2,1-2H3;2*1-2H3. The molecule has 126 valence electrons. The Morgan fingerprint density at radius 3 is 0.526 bits per heavy atom. The lowest BCUT2D eigenvalue weighted by Crippen LogP contribution is -1.59. The summed E-state index contributed by atoms with van der Waals surface area (Å²) in [7, 11) is 0. The molecule has 0 fully saturated rings. The summed E-state index contributed by atoms with van der Waals surface area (Å²) in [4.78, 5) is 0. The first-order valence-electron chi connectivity index (χ1n) is 9.16. The lowest BCUT2D eigenvalue weighted by Gasteiger charge is -1.79. The molecule has 0 aromatic rings. The van der Waals surface area contributed by atoms with E-state index in [1.807, 2.05) is 27.7 Å². The fourth-order valence-corrected chi connectivity index (χ4v) is 0.354. The van der Waals surface area contributed by atoms with Gasteiger partial charge in [0.1, 0.15) is 0 Å². The molecular weight excluding hydrogens is 228 g/mol. The van der Waals surface area contributed by atoms with Crippen molar-refractivity contribution in [1.82, 2.24) is 0 Å². The Hall–Kier alpha value is 0. The van der Waals surface area contributed by atoms with Gasteiger partial charge < -0.3 is 0 Å². The van der Waals surface area contributed by atoms with E-state index in [4.69, 9.17) is 0 Å². The van der Waals surface area contributed by atoms with Gasteiger partial charge in [0.25, 0.3) is 0 Å². The second-order valence-corrected chi connectivity index (χ2v) is 3.77. The monoisotopic (exact) mass is 278 g/mol. The second-order valence-electron chi connectivity index (χ2n) is 3.77. The van der Waals surface area contributed by atoms with Crippen molar-refractivity contribution in [2.45, 2.75) is 128 Å². The van der Waals surface area contributed by atoms with E-state index in [0.717, 1.165) is 0 Å². The largest absolute Gasteiger partial charge is 0.0683 e. The Morgan fingerprint density at radius 2 is 0.526 bits per heavy atom. The van der Waals surface area contributed by atoms with Gasteiger partial charge in [-0.15, -0.1) is 0 Å². The fraction of sp³-hybridized carbons (Fsp3) is 1.00. The minimum atomic E-state index is 1.25. The molecule has 0 aromatic carbocycles. The predicted octanol–water partition coefficient (Wildman–Crippen LogP) is 8.89. The third-order valence-electron chi connectivity index (χ3n) is 1.21. The summed E-state index contributed by atoms with van der Waals surface area (Å²) in [6.07, 6.45) is 9.22. The molecule has 0 amide bonds. The van der Waals surface area contributed by atoms with E-state index in [1.165, 1.54) is 44.9 Å². The van der Waals surface area contributed by atoms with Crippen LogP contribution in [0.25, 0.3) is 0 Å². The summed E-state index contributed by atoms with van der Waals surface area (Å²) in [5.74, 6) is 0. The molecule has 0 saturated carbocycles. The van der Waals surface area contributed by atoms with Gasteiger partial charge in [0.05, 0.1) is 0 Å². The maximum absolute atomic E-state index is 2.21. The molecule has 0 saturated heterocycles. The average molecular weight is 279 g/mol. The number of hydrogen-bond acceptors (Lipinski definition) is 0. The van der Waals surface area contributed by atoms with E-state index >= 15 is 0 Å². The van der Waals surface area contributed by atoms with Gasteiger partial charge in [-0.3, -0.25) is 0 Å². The van der Waals surface area contributed by atoms with E-state index in [9.17, 15) is 0 Å². The molecule has 0 N–H and O–H groups in total. The van der Waals surface area contributed by atoms with E-state index in [2.05, 4.69) is 55.4 Å². The Kier molecular flexibility index (Phi) is 204. The maximum Gasteiger partial charge on any atom is -0.0538 e. The summed E-state index contributed by atoms with van der Waals surface area (Å²) in [6, 6.07) is 0. The summed E-state index contributed by atoms with van der Waals surface area (Å²) < 4.78 is 0. The van der Waals surface area contributed by atoms with Gasteiger partial charge >= 0.3 is 0 Å². The van der Waals surface area contributed by atoms with Gasteiger partial charge in [-0.05, 0) is 0 Å². The Balaban J connectivity index is -0.0000000277. The topological polar surface area (TPSA) is 0 Å². The molecule has 0 heteroatoms. The molecule has 0 rings (SSSR count). The number of hydrogen-bond donors (Lipinski definition) is 0. The van der Waals surface area contributed by atoms with Crippen LogP contribution in [0.2, 0.25) is 0 Å². The Morgan fingerprint density at radius 1 is 0.368 bits per heavy atom. The van der Waals surface area contributed by atoms with Gasteiger partial charge in [-0.2, -0.15) is 0 Å². The highest BCUT2D eigenvalue weighted by Crippen LogP contribution is 1.88. The van der Waals surface area contributed by atoms with Crippen molar-refractivity contribution >= 4 is 0 Å². The quantitative estimate of drug-likeness (QED) is 0.483. The Bertz CT molecular complexity index is 33.3. The van der Waals surface area contributed by atoms with Crippen LogP contribution in [0.3, 0.4) is 0 Å². The van der Waals surface area contributed by atoms with Crippen molar-refractivity contribution in [2.24, 2.45) is 0 Å². The molecule has 0 atom stereocenters. The first kappa shape index (κ1) is 36.4. The molecule has 0 heterocycles. The third kappa shape index (κ3) is 512. The zero-order valence-corrected chi connectivity index (χ0v) is 16.9. The van der Waals surface area contributed by atoms with Crippen LogP contribution in [-0.4, -0.2) is 0 Å². The molecule has 0 unspecified atom stereocenters. The lowest BCUT2D eigenvalue weighted by molar-refractivity contribution is 0.772. The van der Waals surface area contributed by atoms with Crippen LogP contribution in [0.4, 0.5) is 0 Å². The zero-order chi connectivity index (χ0) is 16.9. The smallest absolute Gasteiger partial charge is 0.0538 e. The number of rotatable bonds is 3. The lowest BCUT2D eigenvalue weighted by atomic mass is 10.3. The van der Waals surface area contributed by atoms with Gasteiger partial charge in [-0.1, -0.05) is 128 Å². The van der Waals surface area contributed by atoms with Crippen molar-refractivity contribution in [3.8, 4) is 0 Å². The molecular formula is C19H50. The van der Waals surface area contributed by atoms with Crippen LogP contribution in [0, 0.1) is 0 Å². The molecule has 0 radical (unpaired) electrons. The van der Waals surface area contributed by atoms with Crippen LogP contribution in [0.1, 0.15) is 128 Å². The first-order chi connectivity index (χ1) is 9.16. The van der Waals surface area contributed by atoms with Crippen molar-refractivity contribution in [3.05, 3.63) is 0 Å². The molecule has 0 aromatic heterocycles. The summed E-state index contributed by atoms with van der Waals surface area (Å²) >= 11 is 0.